The van der Waals surface area contributed by atoms with Crippen molar-refractivity contribution in [2.24, 2.45) is 0 Å². The molecule has 0 radical (unpaired) electrons. The molecule has 0 aliphatic carbocycles. The van der Waals surface area contributed by atoms with Crippen LogP contribution in [0, 0.1) is 0 Å². The van der Waals surface area contributed by atoms with E-state index in [1.807, 2.05) is 37.3 Å². The second-order valence-electron chi connectivity index (χ2n) is 5.49. The van der Waals surface area contributed by atoms with Crippen LogP contribution in [0.2, 0.25) is 0 Å². The number of aromatic nitrogens is 2. The maximum Gasteiger partial charge on any atom is 0.288 e. The zero-order chi connectivity index (χ0) is 19.2. The number of carbonyl (C=O) groups is 2. The Kier molecular flexibility index (Phi) is 5.87. The number of carbonyl (C=O) groups excluding carboxylic acids is 2. The summed E-state index contributed by atoms with van der Waals surface area (Å²) in [4.78, 5) is 24.5. The predicted octanol–water partition coefficient (Wildman–Crippen LogP) is 3.31. The molecule has 0 atom stereocenters. The Morgan fingerprint density at radius 2 is 1.70 bits per heavy atom. The van der Waals surface area contributed by atoms with E-state index in [1.165, 1.54) is 0 Å². The van der Waals surface area contributed by atoms with E-state index >= 15 is 0 Å². The molecule has 0 saturated heterocycles. The third-order valence-electron chi connectivity index (χ3n) is 3.70. The first-order valence-electron chi connectivity index (χ1n) is 8.23. The van der Waals surface area contributed by atoms with Crippen molar-refractivity contribution in [2.75, 3.05) is 6.61 Å². The second kappa shape index (κ2) is 8.50. The molecule has 0 unspecified atom stereocenters. The van der Waals surface area contributed by atoms with Gasteiger partial charge in [-0.1, -0.05) is 30.3 Å². The molecule has 0 aliphatic heterocycles. The number of nitrogens with zero attached hydrogens (tertiary/aromatic N) is 1. The maximum absolute atomic E-state index is 12.3. The molecule has 0 fully saturated rings. The molecule has 138 valence electrons. The summed E-state index contributed by atoms with van der Waals surface area (Å²) in [6, 6.07) is 16.1. The van der Waals surface area contributed by atoms with Crippen LogP contribution in [0.1, 0.15) is 27.8 Å². The van der Waals surface area contributed by atoms with Crippen molar-refractivity contribution in [3.05, 3.63) is 70.3 Å². The lowest BCUT2D eigenvalue weighted by Gasteiger charge is -2.08. The van der Waals surface area contributed by atoms with E-state index < -0.39 is 11.8 Å². The van der Waals surface area contributed by atoms with Crippen LogP contribution in [0.15, 0.2) is 59.1 Å². The molecule has 2 aromatic carbocycles. The van der Waals surface area contributed by atoms with E-state index in [1.54, 1.807) is 24.3 Å². The fraction of sp³-hybridized carbons (Fsp3) is 0.105. The Morgan fingerprint density at radius 1 is 1.04 bits per heavy atom. The number of halogens is 1. The van der Waals surface area contributed by atoms with Crippen LogP contribution in [0.5, 0.6) is 5.75 Å². The van der Waals surface area contributed by atoms with Gasteiger partial charge in [0.2, 0.25) is 0 Å². The van der Waals surface area contributed by atoms with Crippen LogP contribution in [0.25, 0.3) is 11.3 Å². The second-order valence-corrected chi connectivity index (χ2v) is 6.29. The molecular weight excluding hydrogens is 412 g/mol. The summed E-state index contributed by atoms with van der Waals surface area (Å²) in [5.41, 5.74) is 6.82. The van der Waals surface area contributed by atoms with Crippen molar-refractivity contribution in [1.29, 1.82) is 0 Å². The molecule has 3 N–H and O–H groups in total. The Balaban J connectivity index is 1.64. The lowest BCUT2D eigenvalue weighted by atomic mass is 10.1. The lowest BCUT2D eigenvalue weighted by Crippen LogP contribution is -2.41. The molecule has 0 saturated carbocycles. The standard InChI is InChI=1S/C19H17BrN4O3/c1-2-27-14-10-8-13(9-11-14)18(25)23-24-19(26)17-15(20)16(21-22-17)12-6-4-3-5-7-12/h3-11H,2H2,1H3,(H,21,22)(H,23,25)(H,24,26). The number of ether oxygens (including phenoxy) is 1. The van der Waals surface area contributed by atoms with Gasteiger partial charge < -0.3 is 4.74 Å². The van der Waals surface area contributed by atoms with Crippen molar-refractivity contribution < 1.29 is 14.3 Å². The zero-order valence-electron chi connectivity index (χ0n) is 14.5. The van der Waals surface area contributed by atoms with Gasteiger partial charge in [-0.05, 0) is 47.1 Å². The van der Waals surface area contributed by atoms with Gasteiger partial charge in [-0.3, -0.25) is 25.5 Å². The Bertz CT molecular complexity index is 939. The number of H-pyrrole nitrogens is 1. The van der Waals surface area contributed by atoms with Gasteiger partial charge in [0.15, 0.2) is 0 Å². The largest absolute Gasteiger partial charge is 0.494 e. The highest BCUT2D eigenvalue weighted by Gasteiger charge is 2.19. The number of nitrogens with one attached hydrogen (secondary N) is 3. The molecule has 27 heavy (non-hydrogen) atoms. The molecule has 2 amide bonds. The van der Waals surface area contributed by atoms with Gasteiger partial charge >= 0.3 is 0 Å². The third-order valence-corrected chi connectivity index (χ3v) is 4.47. The smallest absolute Gasteiger partial charge is 0.288 e. The van der Waals surface area contributed by atoms with Gasteiger partial charge in [0.05, 0.1) is 11.1 Å². The van der Waals surface area contributed by atoms with Gasteiger partial charge in [0.25, 0.3) is 11.8 Å². The fourth-order valence-electron chi connectivity index (χ4n) is 2.38. The van der Waals surface area contributed by atoms with Crippen molar-refractivity contribution >= 4 is 27.7 Å². The van der Waals surface area contributed by atoms with Gasteiger partial charge in [-0.2, -0.15) is 5.10 Å². The molecule has 0 bridgehead atoms. The van der Waals surface area contributed by atoms with Gasteiger partial charge in [0.1, 0.15) is 17.1 Å². The Morgan fingerprint density at radius 3 is 2.37 bits per heavy atom. The number of amides is 2. The number of hydrogen-bond donors (Lipinski definition) is 3. The number of aromatic amines is 1. The zero-order valence-corrected chi connectivity index (χ0v) is 16.0. The maximum atomic E-state index is 12.3. The first-order valence-corrected chi connectivity index (χ1v) is 9.02. The topological polar surface area (TPSA) is 96.1 Å². The Hall–Kier alpha value is -3.13. The van der Waals surface area contributed by atoms with Crippen LogP contribution < -0.4 is 15.6 Å². The van der Waals surface area contributed by atoms with Gasteiger partial charge in [0, 0.05) is 11.1 Å². The Labute approximate surface area is 164 Å². The normalized spacial score (nSPS) is 10.3. The first-order chi connectivity index (χ1) is 13.1. The average molecular weight is 429 g/mol. The van der Waals surface area contributed by atoms with Crippen molar-refractivity contribution in [2.45, 2.75) is 6.92 Å². The van der Waals surface area contributed by atoms with E-state index in [4.69, 9.17) is 4.74 Å². The van der Waals surface area contributed by atoms with Crippen molar-refractivity contribution in [1.82, 2.24) is 21.0 Å². The van der Waals surface area contributed by atoms with E-state index in [2.05, 4.69) is 37.0 Å². The first kappa shape index (κ1) is 18.7. The molecule has 7 nitrogen and oxygen atoms in total. The highest BCUT2D eigenvalue weighted by Crippen LogP contribution is 2.28. The number of rotatable bonds is 5. The molecule has 3 rings (SSSR count). The summed E-state index contributed by atoms with van der Waals surface area (Å²) < 4.78 is 5.85. The molecular formula is C19H17BrN4O3. The minimum absolute atomic E-state index is 0.209. The monoisotopic (exact) mass is 428 g/mol. The van der Waals surface area contributed by atoms with Gasteiger partial charge in [-0.25, -0.2) is 0 Å². The number of hydrogen-bond acceptors (Lipinski definition) is 4. The third kappa shape index (κ3) is 4.35. The van der Waals surface area contributed by atoms with Crippen LogP contribution in [0.4, 0.5) is 0 Å². The molecule has 0 spiro atoms. The van der Waals surface area contributed by atoms with E-state index in [0.717, 1.165) is 5.56 Å². The molecule has 3 aromatic rings. The van der Waals surface area contributed by atoms with Crippen LogP contribution in [-0.2, 0) is 0 Å². The summed E-state index contributed by atoms with van der Waals surface area (Å²) in [5, 5.41) is 6.84. The number of benzene rings is 2. The average Bonchev–Trinajstić information content (AvgIpc) is 3.09. The van der Waals surface area contributed by atoms with E-state index in [0.29, 0.717) is 28.1 Å². The summed E-state index contributed by atoms with van der Waals surface area (Å²) in [7, 11) is 0. The quantitative estimate of drug-likeness (QED) is 0.543. The molecule has 8 heteroatoms. The van der Waals surface area contributed by atoms with Crippen LogP contribution >= 0.6 is 15.9 Å². The van der Waals surface area contributed by atoms with E-state index in [9.17, 15) is 9.59 Å². The van der Waals surface area contributed by atoms with Gasteiger partial charge in [-0.15, -0.1) is 0 Å². The van der Waals surface area contributed by atoms with E-state index in [-0.39, 0.29) is 5.69 Å². The molecule has 1 aromatic heterocycles. The summed E-state index contributed by atoms with van der Waals surface area (Å²) in [6.07, 6.45) is 0. The summed E-state index contributed by atoms with van der Waals surface area (Å²) in [6.45, 7) is 2.43. The number of hydrazine groups is 1. The highest BCUT2D eigenvalue weighted by atomic mass is 79.9. The minimum Gasteiger partial charge on any atom is -0.494 e. The lowest BCUT2D eigenvalue weighted by molar-refractivity contribution is 0.0843. The highest BCUT2D eigenvalue weighted by molar-refractivity contribution is 9.10. The van der Waals surface area contributed by atoms with Crippen molar-refractivity contribution in [3.8, 4) is 17.0 Å². The fourth-order valence-corrected chi connectivity index (χ4v) is 2.97. The van der Waals surface area contributed by atoms with Crippen LogP contribution in [-0.4, -0.2) is 28.6 Å². The SMILES string of the molecule is CCOc1ccc(C(=O)NNC(=O)c2[nH]nc(-c3ccccc3)c2Br)cc1. The predicted molar refractivity (Wildman–Crippen MR) is 104 cm³/mol. The molecule has 1 heterocycles. The van der Waals surface area contributed by atoms with Crippen molar-refractivity contribution in [3.63, 3.8) is 0 Å². The van der Waals surface area contributed by atoms with Crippen LogP contribution in [0.3, 0.4) is 0 Å². The summed E-state index contributed by atoms with van der Waals surface area (Å²) >= 11 is 3.38. The molecule has 0 aliphatic rings. The summed E-state index contributed by atoms with van der Waals surface area (Å²) in [5.74, 6) is -0.283. The minimum atomic E-state index is -0.518.